The summed E-state index contributed by atoms with van der Waals surface area (Å²) < 4.78 is 0. The van der Waals surface area contributed by atoms with Gasteiger partial charge in [0, 0.05) is 25.0 Å². The topological polar surface area (TPSA) is 69.6 Å². The quantitative estimate of drug-likeness (QED) is 0.833. The summed E-state index contributed by atoms with van der Waals surface area (Å²) in [5.74, 6) is 0.233. The second kappa shape index (κ2) is 6.57. The Kier molecular flexibility index (Phi) is 5.15. The van der Waals surface area contributed by atoms with Crippen molar-refractivity contribution in [2.24, 2.45) is 11.3 Å². The van der Waals surface area contributed by atoms with Gasteiger partial charge in [-0.3, -0.25) is 9.59 Å². The fourth-order valence-corrected chi connectivity index (χ4v) is 3.39. The SMILES string of the molecule is CC(C)(C)C(=O)NCC1CCCN(C(=O)C2(O)CCCC2)C1. The number of piperidine rings is 1. The van der Waals surface area contributed by atoms with E-state index in [1.54, 1.807) is 0 Å². The highest BCUT2D eigenvalue weighted by Gasteiger charge is 2.42. The van der Waals surface area contributed by atoms with Gasteiger partial charge in [0.2, 0.25) is 5.91 Å². The van der Waals surface area contributed by atoms with Gasteiger partial charge in [0.05, 0.1) is 0 Å². The van der Waals surface area contributed by atoms with Gasteiger partial charge in [0.1, 0.15) is 5.60 Å². The number of hydrogen-bond acceptors (Lipinski definition) is 3. The first-order valence-electron chi connectivity index (χ1n) is 8.52. The van der Waals surface area contributed by atoms with Crippen LogP contribution in [0, 0.1) is 11.3 Å². The minimum absolute atomic E-state index is 0.0466. The number of rotatable bonds is 3. The van der Waals surface area contributed by atoms with Gasteiger partial charge in [0.25, 0.3) is 5.91 Å². The van der Waals surface area contributed by atoms with Gasteiger partial charge < -0.3 is 15.3 Å². The van der Waals surface area contributed by atoms with Gasteiger partial charge in [-0.05, 0) is 44.4 Å². The molecule has 1 aliphatic carbocycles. The molecule has 126 valence electrons. The fourth-order valence-electron chi connectivity index (χ4n) is 3.39. The molecule has 2 rings (SSSR count). The number of amides is 2. The van der Waals surface area contributed by atoms with Gasteiger partial charge >= 0.3 is 0 Å². The molecule has 1 atom stereocenters. The summed E-state index contributed by atoms with van der Waals surface area (Å²) in [6.07, 6.45) is 5.01. The lowest BCUT2D eigenvalue weighted by molar-refractivity contribution is -0.152. The first kappa shape index (κ1) is 17.3. The van der Waals surface area contributed by atoms with E-state index in [0.717, 1.165) is 32.2 Å². The molecule has 2 N–H and O–H groups in total. The van der Waals surface area contributed by atoms with E-state index < -0.39 is 5.60 Å². The number of nitrogens with one attached hydrogen (secondary N) is 1. The maximum absolute atomic E-state index is 12.6. The van der Waals surface area contributed by atoms with Crippen LogP contribution in [-0.2, 0) is 9.59 Å². The summed E-state index contributed by atoms with van der Waals surface area (Å²) in [5, 5.41) is 13.5. The molecule has 2 aliphatic rings. The molecule has 0 bridgehead atoms. The van der Waals surface area contributed by atoms with Crippen LogP contribution in [0.25, 0.3) is 0 Å². The monoisotopic (exact) mass is 310 g/mol. The van der Waals surface area contributed by atoms with Crippen LogP contribution in [0.4, 0.5) is 0 Å². The third-order valence-electron chi connectivity index (χ3n) is 4.87. The molecule has 0 aromatic heterocycles. The summed E-state index contributed by atoms with van der Waals surface area (Å²) in [6, 6.07) is 0. The Morgan fingerprint density at radius 1 is 1.23 bits per heavy atom. The van der Waals surface area contributed by atoms with Crippen molar-refractivity contribution in [2.75, 3.05) is 19.6 Å². The smallest absolute Gasteiger partial charge is 0.254 e. The summed E-state index contributed by atoms with van der Waals surface area (Å²) >= 11 is 0. The molecule has 0 aromatic rings. The van der Waals surface area contributed by atoms with E-state index in [-0.39, 0.29) is 23.1 Å². The highest BCUT2D eigenvalue weighted by molar-refractivity contribution is 5.85. The predicted octanol–water partition coefficient (Wildman–Crippen LogP) is 1.69. The lowest BCUT2D eigenvalue weighted by Gasteiger charge is -2.37. The van der Waals surface area contributed by atoms with Crippen molar-refractivity contribution < 1.29 is 14.7 Å². The van der Waals surface area contributed by atoms with Crippen molar-refractivity contribution >= 4 is 11.8 Å². The Morgan fingerprint density at radius 2 is 1.86 bits per heavy atom. The molecule has 1 saturated heterocycles. The Balaban J connectivity index is 1.86. The summed E-state index contributed by atoms with van der Waals surface area (Å²) in [7, 11) is 0. The molecule has 1 unspecified atom stereocenters. The minimum Gasteiger partial charge on any atom is -0.380 e. The lowest BCUT2D eigenvalue weighted by atomic mass is 9.92. The average Bonchev–Trinajstić information content (AvgIpc) is 2.91. The van der Waals surface area contributed by atoms with E-state index >= 15 is 0 Å². The van der Waals surface area contributed by atoms with E-state index in [1.165, 1.54) is 0 Å². The number of nitrogens with zero attached hydrogens (tertiary/aromatic N) is 1. The average molecular weight is 310 g/mol. The molecule has 1 aliphatic heterocycles. The van der Waals surface area contributed by atoms with Crippen molar-refractivity contribution in [3.63, 3.8) is 0 Å². The predicted molar refractivity (Wildman–Crippen MR) is 85.2 cm³/mol. The van der Waals surface area contributed by atoms with E-state index in [1.807, 2.05) is 25.7 Å². The third-order valence-corrected chi connectivity index (χ3v) is 4.87. The Morgan fingerprint density at radius 3 is 2.45 bits per heavy atom. The Hall–Kier alpha value is -1.10. The summed E-state index contributed by atoms with van der Waals surface area (Å²) in [6.45, 7) is 7.67. The molecule has 1 heterocycles. The molecule has 0 aromatic carbocycles. The number of hydrogen-bond donors (Lipinski definition) is 2. The zero-order valence-electron chi connectivity index (χ0n) is 14.2. The molecular weight excluding hydrogens is 280 g/mol. The Bertz CT molecular complexity index is 422. The second-order valence-electron chi connectivity index (χ2n) is 7.96. The highest BCUT2D eigenvalue weighted by atomic mass is 16.3. The number of likely N-dealkylation sites (tertiary alicyclic amines) is 1. The van der Waals surface area contributed by atoms with Crippen LogP contribution >= 0.6 is 0 Å². The molecule has 2 amide bonds. The van der Waals surface area contributed by atoms with E-state index in [0.29, 0.717) is 25.9 Å². The lowest BCUT2D eigenvalue weighted by Crippen LogP contribution is -2.52. The number of carbonyl (C=O) groups is 2. The van der Waals surface area contributed by atoms with Crippen LogP contribution in [0.1, 0.15) is 59.3 Å². The maximum Gasteiger partial charge on any atom is 0.254 e. The second-order valence-corrected chi connectivity index (χ2v) is 7.96. The third kappa shape index (κ3) is 4.00. The zero-order valence-corrected chi connectivity index (χ0v) is 14.2. The number of aliphatic hydroxyl groups is 1. The first-order valence-corrected chi connectivity index (χ1v) is 8.52. The molecule has 22 heavy (non-hydrogen) atoms. The standard InChI is InChI=1S/C17H30N2O3/c1-16(2,3)14(20)18-11-13-7-6-10-19(12-13)15(21)17(22)8-4-5-9-17/h13,22H,4-12H2,1-3H3,(H,18,20). The first-order chi connectivity index (χ1) is 10.2. The van der Waals surface area contributed by atoms with Crippen LogP contribution in [0.3, 0.4) is 0 Å². The summed E-state index contributed by atoms with van der Waals surface area (Å²) in [4.78, 5) is 26.3. The zero-order chi connectivity index (χ0) is 16.4. The fraction of sp³-hybridized carbons (Fsp3) is 0.882. The van der Waals surface area contributed by atoms with Gasteiger partial charge in [0.15, 0.2) is 0 Å². The molecule has 1 saturated carbocycles. The van der Waals surface area contributed by atoms with Gasteiger partial charge in [-0.15, -0.1) is 0 Å². The highest BCUT2D eigenvalue weighted by Crippen LogP contribution is 2.32. The van der Waals surface area contributed by atoms with Crippen molar-refractivity contribution in [1.82, 2.24) is 10.2 Å². The van der Waals surface area contributed by atoms with Crippen molar-refractivity contribution in [2.45, 2.75) is 64.9 Å². The van der Waals surface area contributed by atoms with E-state index in [4.69, 9.17) is 0 Å². The van der Waals surface area contributed by atoms with Crippen LogP contribution in [0.15, 0.2) is 0 Å². The van der Waals surface area contributed by atoms with Crippen LogP contribution in [0.5, 0.6) is 0 Å². The molecule has 2 fully saturated rings. The molecule has 5 nitrogen and oxygen atoms in total. The molecule has 0 radical (unpaired) electrons. The van der Waals surface area contributed by atoms with Crippen molar-refractivity contribution in [3.8, 4) is 0 Å². The normalized spacial score (nSPS) is 25.1. The van der Waals surface area contributed by atoms with Gasteiger partial charge in [-0.25, -0.2) is 0 Å². The Labute approximate surface area is 133 Å². The summed E-state index contributed by atoms with van der Waals surface area (Å²) in [5.41, 5.74) is -1.51. The largest absolute Gasteiger partial charge is 0.380 e. The van der Waals surface area contributed by atoms with Crippen molar-refractivity contribution in [3.05, 3.63) is 0 Å². The van der Waals surface area contributed by atoms with E-state index in [9.17, 15) is 14.7 Å². The molecule has 5 heteroatoms. The maximum atomic E-state index is 12.6. The van der Waals surface area contributed by atoms with E-state index in [2.05, 4.69) is 5.32 Å². The minimum atomic E-state index is -1.13. The van der Waals surface area contributed by atoms with Crippen LogP contribution in [0.2, 0.25) is 0 Å². The number of carbonyl (C=O) groups excluding carboxylic acids is 2. The molecule has 0 spiro atoms. The van der Waals surface area contributed by atoms with Crippen molar-refractivity contribution in [1.29, 1.82) is 0 Å². The van der Waals surface area contributed by atoms with Gasteiger partial charge in [-0.2, -0.15) is 0 Å². The van der Waals surface area contributed by atoms with Crippen LogP contribution in [-0.4, -0.2) is 47.1 Å². The van der Waals surface area contributed by atoms with Gasteiger partial charge in [-0.1, -0.05) is 20.8 Å². The molecular formula is C17H30N2O3. The van der Waals surface area contributed by atoms with Crippen LogP contribution < -0.4 is 5.32 Å².